The molecule has 2 aromatic carbocycles. The SMILES string of the molecule is c1cc2c(cc1-c1ccc(C3CCCN3)[nH]1)Oc1cc(-c3cnc(C4CCCN4)[nH]3)cc3c1N2CCC3. The van der Waals surface area contributed by atoms with Crippen molar-refractivity contribution >= 4 is 11.4 Å². The van der Waals surface area contributed by atoms with Crippen LogP contribution in [0.4, 0.5) is 11.4 Å². The van der Waals surface area contributed by atoms with E-state index < -0.39 is 0 Å². The lowest BCUT2D eigenvalue weighted by atomic mass is 9.95. The molecule has 2 saturated heterocycles. The predicted octanol–water partition coefficient (Wildman–Crippen LogP) is 6.11. The lowest BCUT2D eigenvalue weighted by molar-refractivity contribution is 0.469. The van der Waals surface area contributed by atoms with Crippen LogP contribution in [0.3, 0.4) is 0 Å². The Labute approximate surface area is 216 Å². The van der Waals surface area contributed by atoms with Crippen molar-refractivity contribution in [2.75, 3.05) is 24.5 Å². The minimum atomic E-state index is 0.333. The summed E-state index contributed by atoms with van der Waals surface area (Å²) >= 11 is 0. The van der Waals surface area contributed by atoms with E-state index in [0.717, 1.165) is 84.4 Å². The van der Waals surface area contributed by atoms with Gasteiger partial charge < -0.3 is 30.2 Å². The minimum absolute atomic E-state index is 0.333. The van der Waals surface area contributed by atoms with Crippen LogP contribution in [-0.2, 0) is 6.42 Å². The Hall–Kier alpha value is -3.55. The van der Waals surface area contributed by atoms with Gasteiger partial charge in [-0.15, -0.1) is 0 Å². The van der Waals surface area contributed by atoms with Gasteiger partial charge in [-0.25, -0.2) is 4.98 Å². The van der Waals surface area contributed by atoms with Gasteiger partial charge in [0.2, 0.25) is 0 Å². The third-order valence-corrected chi connectivity index (χ3v) is 8.47. The highest BCUT2D eigenvalue weighted by Gasteiger charge is 2.31. The van der Waals surface area contributed by atoms with Gasteiger partial charge in [0.15, 0.2) is 11.5 Å². The summed E-state index contributed by atoms with van der Waals surface area (Å²) in [4.78, 5) is 14.4. The zero-order valence-electron chi connectivity index (χ0n) is 20.9. The number of benzene rings is 2. The van der Waals surface area contributed by atoms with E-state index >= 15 is 0 Å². The Morgan fingerprint density at radius 3 is 2.54 bits per heavy atom. The molecule has 0 radical (unpaired) electrons. The average Bonchev–Trinajstić information content (AvgIpc) is 3.75. The zero-order chi connectivity index (χ0) is 24.3. The molecule has 2 aromatic heterocycles. The topological polar surface area (TPSA) is 81.0 Å². The molecule has 0 aliphatic carbocycles. The molecule has 2 fully saturated rings. The summed E-state index contributed by atoms with van der Waals surface area (Å²) in [6, 6.07) is 16.3. The number of anilines is 2. The first kappa shape index (κ1) is 21.5. The first-order valence-corrected chi connectivity index (χ1v) is 13.8. The minimum Gasteiger partial charge on any atom is -0.453 e. The summed E-state index contributed by atoms with van der Waals surface area (Å²) in [5, 5.41) is 7.13. The van der Waals surface area contributed by atoms with E-state index in [0.29, 0.717) is 12.1 Å². The lowest BCUT2D eigenvalue weighted by Crippen LogP contribution is -2.27. The number of aromatic amines is 2. The van der Waals surface area contributed by atoms with Crippen LogP contribution in [0.25, 0.3) is 22.5 Å². The van der Waals surface area contributed by atoms with E-state index in [9.17, 15) is 0 Å². The summed E-state index contributed by atoms with van der Waals surface area (Å²) in [7, 11) is 0. The van der Waals surface area contributed by atoms with Gasteiger partial charge in [0.05, 0.1) is 29.3 Å². The number of ether oxygens (including phenoxy) is 1. The Bertz CT molecular complexity index is 1470. The van der Waals surface area contributed by atoms with Crippen LogP contribution in [0.15, 0.2) is 48.7 Å². The number of nitrogens with zero attached hydrogens (tertiary/aromatic N) is 2. The second-order valence-corrected chi connectivity index (χ2v) is 10.8. The van der Waals surface area contributed by atoms with Gasteiger partial charge in [0.1, 0.15) is 5.82 Å². The molecule has 6 heterocycles. The van der Waals surface area contributed by atoms with Crippen molar-refractivity contribution in [3.05, 3.63) is 65.7 Å². The highest BCUT2D eigenvalue weighted by Crippen LogP contribution is 2.52. The average molecular weight is 493 g/mol. The fourth-order valence-electron chi connectivity index (χ4n) is 6.59. The van der Waals surface area contributed by atoms with Gasteiger partial charge in [0, 0.05) is 35.1 Å². The molecule has 7 nitrogen and oxygen atoms in total. The molecule has 4 aliphatic heterocycles. The molecule has 2 unspecified atom stereocenters. The fraction of sp³-hybridized carbons (Fsp3) is 0.367. The summed E-state index contributed by atoms with van der Waals surface area (Å²) in [6.45, 7) is 3.18. The largest absolute Gasteiger partial charge is 0.453 e. The first-order valence-electron chi connectivity index (χ1n) is 13.8. The van der Waals surface area contributed by atoms with Gasteiger partial charge in [0.25, 0.3) is 0 Å². The van der Waals surface area contributed by atoms with Gasteiger partial charge in [-0.2, -0.15) is 0 Å². The van der Waals surface area contributed by atoms with Crippen LogP contribution < -0.4 is 20.3 Å². The molecule has 0 bridgehead atoms. The highest BCUT2D eigenvalue weighted by atomic mass is 16.5. The Balaban J connectivity index is 1.14. The van der Waals surface area contributed by atoms with Crippen molar-refractivity contribution < 1.29 is 4.74 Å². The van der Waals surface area contributed by atoms with Crippen LogP contribution in [0.1, 0.15) is 61.3 Å². The molecule has 188 valence electrons. The second kappa shape index (κ2) is 8.50. The number of imidazole rings is 1. The second-order valence-electron chi connectivity index (χ2n) is 10.8. The van der Waals surface area contributed by atoms with Crippen LogP contribution in [0, 0.1) is 0 Å². The molecule has 4 N–H and O–H groups in total. The number of nitrogens with one attached hydrogen (secondary N) is 4. The van der Waals surface area contributed by atoms with Crippen LogP contribution in [0.2, 0.25) is 0 Å². The monoisotopic (exact) mass is 492 g/mol. The zero-order valence-corrected chi connectivity index (χ0v) is 20.9. The third-order valence-electron chi connectivity index (χ3n) is 8.47. The molecule has 0 spiro atoms. The molecule has 0 saturated carbocycles. The van der Waals surface area contributed by atoms with E-state index in [1.807, 2.05) is 6.20 Å². The maximum atomic E-state index is 6.65. The molecule has 8 rings (SSSR count). The molecule has 2 atom stereocenters. The van der Waals surface area contributed by atoms with Gasteiger partial charge in [-0.05, 0) is 93.6 Å². The van der Waals surface area contributed by atoms with E-state index in [1.165, 1.54) is 36.2 Å². The molecule has 4 aliphatic rings. The van der Waals surface area contributed by atoms with Crippen molar-refractivity contribution in [1.82, 2.24) is 25.6 Å². The van der Waals surface area contributed by atoms with Crippen molar-refractivity contribution in [3.8, 4) is 34.0 Å². The standard InChI is InChI=1S/C30H32N6O/c1-5-22(31-11-1)23-9-8-21(34-23)18-7-10-26-27(15-18)37-28-16-20(14-19-4-3-13-36(26)29(19)28)25-17-33-30(35-25)24-6-2-12-32-24/h7-10,14-17,22,24,31-32,34H,1-6,11-13H2,(H,33,35). The number of hydrogen-bond donors (Lipinski definition) is 4. The number of hydrogen-bond acceptors (Lipinski definition) is 5. The Morgan fingerprint density at radius 1 is 0.811 bits per heavy atom. The number of aryl methyl sites for hydroxylation is 1. The lowest BCUT2D eigenvalue weighted by Gasteiger charge is -2.37. The summed E-state index contributed by atoms with van der Waals surface area (Å²) in [5.74, 6) is 2.90. The van der Waals surface area contributed by atoms with Gasteiger partial charge in [-0.3, -0.25) is 0 Å². The molecule has 4 aromatic rings. The van der Waals surface area contributed by atoms with Crippen molar-refractivity contribution in [1.29, 1.82) is 0 Å². The molecule has 0 amide bonds. The molecular weight excluding hydrogens is 460 g/mol. The number of fused-ring (bicyclic) bond motifs is 2. The molecule has 37 heavy (non-hydrogen) atoms. The van der Waals surface area contributed by atoms with Crippen molar-refractivity contribution in [2.45, 2.75) is 50.6 Å². The summed E-state index contributed by atoms with van der Waals surface area (Å²) in [5.41, 5.74) is 9.50. The number of H-pyrrole nitrogens is 2. The van der Waals surface area contributed by atoms with Crippen LogP contribution in [0.5, 0.6) is 11.5 Å². The molecule has 7 heteroatoms. The maximum Gasteiger partial charge on any atom is 0.152 e. The van der Waals surface area contributed by atoms with E-state index in [1.54, 1.807) is 0 Å². The van der Waals surface area contributed by atoms with E-state index in [4.69, 9.17) is 9.72 Å². The Morgan fingerprint density at radius 2 is 1.68 bits per heavy atom. The van der Waals surface area contributed by atoms with E-state index in [-0.39, 0.29) is 0 Å². The quantitative estimate of drug-likeness (QED) is 0.276. The maximum absolute atomic E-state index is 6.65. The van der Waals surface area contributed by atoms with Crippen molar-refractivity contribution in [3.63, 3.8) is 0 Å². The number of aromatic nitrogens is 3. The van der Waals surface area contributed by atoms with Gasteiger partial charge >= 0.3 is 0 Å². The van der Waals surface area contributed by atoms with Gasteiger partial charge in [-0.1, -0.05) is 6.07 Å². The summed E-state index contributed by atoms with van der Waals surface area (Å²) < 4.78 is 6.65. The smallest absolute Gasteiger partial charge is 0.152 e. The van der Waals surface area contributed by atoms with E-state index in [2.05, 4.69) is 68.0 Å². The number of rotatable bonds is 4. The fourth-order valence-corrected chi connectivity index (χ4v) is 6.59. The third kappa shape index (κ3) is 3.60. The normalized spacial score (nSPS) is 22.1. The predicted molar refractivity (Wildman–Crippen MR) is 146 cm³/mol. The first-order chi connectivity index (χ1) is 18.3. The summed E-state index contributed by atoms with van der Waals surface area (Å²) in [6.07, 6.45) is 8.94. The van der Waals surface area contributed by atoms with Crippen LogP contribution >= 0.6 is 0 Å². The Kier molecular flexibility index (Phi) is 4.95. The van der Waals surface area contributed by atoms with Crippen LogP contribution in [-0.4, -0.2) is 34.6 Å². The van der Waals surface area contributed by atoms with Crippen molar-refractivity contribution in [2.24, 2.45) is 0 Å². The highest BCUT2D eigenvalue weighted by molar-refractivity contribution is 5.85. The molecular formula is C30H32N6O.